The van der Waals surface area contributed by atoms with Crippen molar-refractivity contribution in [2.24, 2.45) is 0 Å². The number of benzene rings is 2. The van der Waals surface area contributed by atoms with Crippen LogP contribution in [0.2, 0.25) is 5.02 Å². The van der Waals surface area contributed by atoms with Crippen molar-refractivity contribution in [2.75, 3.05) is 0 Å². The second kappa shape index (κ2) is 5.28. The second-order valence-electron chi connectivity index (χ2n) is 4.68. The van der Waals surface area contributed by atoms with Crippen molar-refractivity contribution in [2.45, 2.75) is 12.8 Å². The van der Waals surface area contributed by atoms with E-state index in [9.17, 15) is 8.78 Å². The van der Waals surface area contributed by atoms with Crippen LogP contribution in [0.1, 0.15) is 11.4 Å². The van der Waals surface area contributed by atoms with Crippen molar-refractivity contribution >= 4 is 34.2 Å². The van der Waals surface area contributed by atoms with E-state index in [1.54, 1.807) is 17.6 Å². The molecule has 0 N–H and O–H groups in total. The first-order valence-corrected chi connectivity index (χ1v) is 7.11. The number of hydrogen-bond donors (Lipinski definition) is 0. The van der Waals surface area contributed by atoms with E-state index in [0.29, 0.717) is 27.4 Å². The van der Waals surface area contributed by atoms with Gasteiger partial charge in [0.1, 0.15) is 17.5 Å². The molecule has 2 nitrogen and oxygen atoms in total. The van der Waals surface area contributed by atoms with Gasteiger partial charge in [0.05, 0.1) is 22.6 Å². The molecule has 0 bridgehead atoms. The van der Waals surface area contributed by atoms with E-state index in [0.717, 1.165) is 0 Å². The van der Waals surface area contributed by atoms with Crippen LogP contribution in [0.25, 0.3) is 16.7 Å². The van der Waals surface area contributed by atoms with Crippen LogP contribution in [0.4, 0.5) is 8.78 Å². The van der Waals surface area contributed by atoms with Gasteiger partial charge in [-0.05, 0) is 36.8 Å². The fourth-order valence-electron chi connectivity index (χ4n) is 2.27. The molecule has 3 aromatic rings. The minimum absolute atomic E-state index is 0.0707. The molecule has 0 atom stereocenters. The summed E-state index contributed by atoms with van der Waals surface area (Å²) in [5.41, 5.74) is 1.71. The summed E-state index contributed by atoms with van der Waals surface area (Å²) in [5.74, 6) is -0.314. The Labute approximate surface area is 129 Å². The molecule has 0 unspecified atom stereocenters. The zero-order valence-electron chi connectivity index (χ0n) is 11.0. The third kappa shape index (κ3) is 2.39. The van der Waals surface area contributed by atoms with Gasteiger partial charge in [-0.1, -0.05) is 11.6 Å². The van der Waals surface area contributed by atoms with Crippen molar-refractivity contribution in [1.29, 1.82) is 0 Å². The highest BCUT2D eigenvalue weighted by Gasteiger charge is 2.16. The van der Waals surface area contributed by atoms with Crippen LogP contribution in [-0.2, 0) is 5.88 Å². The molecule has 0 saturated heterocycles. The lowest BCUT2D eigenvalue weighted by atomic mass is 10.2. The van der Waals surface area contributed by atoms with Gasteiger partial charge in [0.15, 0.2) is 0 Å². The predicted octanol–water partition coefficient (Wildman–Crippen LogP) is 5.00. The first-order valence-electron chi connectivity index (χ1n) is 6.20. The van der Waals surface area contributed by atoms with Gasteiger partial charge in [0.2, 0.25) is 0 Å². The van der Waals surface area contributed by atoms with Crippen molar-refractivity contribution < 1.29 is 8.78 Å². The van der Waals surface area contributed by atoms with Crippen molar-refractivity contribution in [3.05, 3.63) is 58.4 Å². The van der Waals surface area contributed by atoms with Crippen molar-refractivity contribution in [3.63, 3.8) is 0 Å². The van der Waals surface area contributed by atoms with Gasteiger partial charge < -0.3 is 0 Å². The summed E-state index contributed by atoms with van der Waals surface area (Å²) in [7, 11) is 0. The summed E-state index contributed by atoms with van der Waals surface area (Å²) in [4.78, 5) is 4.26. The Hall–Kier alpha value is -1.65. The Bertz CT molecular complexity index is 843. The lowest BCUT2D eigenvalue weighted by molar-refractivity contribution is 0.617. The number of rotatable bonds is 2. The number of alkyl halides is 1. The first-order chi connectivity index (χ1) is 10.0. The molecule has 1 aromatic heterocycles. The Kier molecular flexibility index (Phi) is 3.59. The molecule has 1 heterocycles. The quantitative estimate of drug-likeness (QED) is 0.605. The van der Waals surface area contributed by atoms with E-state index in [1.807, 2.05) is 0 Å². The molecule has 0 fully saturated rings. The van der Waals surface area contributed by atoms with Crippen molar-refractivity contribution in [3.8, 4) is 5.69 Å². The topological polar surface area (TPSA) is 17.8 Å². The number of aryl methyl sites for hydroxylation is 1. The van der Waals surface area contributed by atoms with Gasteiger partial charge in [-0.3, -0.25) is 4.57 Å². The third-order valence-electron chi connectivity index (χ3n) is 3.27. The maximum Gasteiger partial charge on any atom is 0.147 e. The Morgan fingerprint density at radius 1 is 1.14 bits per heavy atom. The summed E-state index contributed by atoms with van der Waals surface area (Å²) in [6.45, 7) is 1.64. The van der Waals surface area contributed by atoms with Crippen LogP contribution in [0, 0.1) is 18.6 Å². The summed E-state index contributed by atoms with van der Waals surface area (Å²) in [5, 5.41) is 0.396. The predicted molar refractivity (Wildman–Crippen MR) is 80.3 cm³/mol. The number of halogens is 4. The van der Waals surface area contributed by atoms with Crippen LogP contribution < -0.4 is 0 Å². The van der Waals surface area contributed by atoms with Crippen LogP contribution in [0.3, 0.4) is 0 Å². The average Bonchev–Trinajstić information content (AvgIpc) is 2.79. The number of hydrogen-bond acceptors (Lipinski definition) is 1. The van der Waals surface area contributed by atoms with E-state index in [4.69, 9.17) is 23.2 Å². The van der Waals surface area contributed by atoms with Gasteiger partial charge in [-0.25, -0.2) is 13.8 Å². The number of imidazole rings is 1. The zero-order chi connectivity index (χ0) is 15.1. The largest absolute Gasteiger partial charge is 0.292 e. The molecule has 3 rings (SSSR count). The third-order valence-corrected chi connectivity index (χ3v) is 3.75. The SMILES string of the molecule is Cc1cc2c(cc1F)nc(CCl)n2-c1cc(Cl)ccc1F. The minimum Gasteiger partial charge on any atom is -0.292 e. The fraction of sp³-hybridized carbons (Fsp3) is 0.133. The first kappa shape index (κ1) is 14.3. The molecule has 6 heteroatoms. The molecule has 0 spiro atoms. The molecule has 21 heavy (non-hydrogen) atoms. The Balaban J connectivity index is 2.40. The minimum atomic E-state index is -0.452. The number of aromatic nitrogens is 2. The zero-order valence-corrected chi connectivity index (χ0v) is 12.5. The van der Waals surface area contributed by atoms with E-state index in [2.05, 4.69) is 4.98 Å². The summed E-state index contributed by atoms with van der Waals surface area (Å²) in [6.07, 6.45) is 0. The summed E-state index contributed by atoms with van der Waals surface area (Å²) in [6, 6.07) is 7.17. The molecule has 0 saturated carbocycles. The lowest BCUT2D eigenvalue weighted by Gasteiger charge is -2.10. The van der Waals surface area contributed by atoms with Crippen LogP contribution in [0.5, 0.6) is 0 Å². The number of nitrogens with zero attached hydrogens (tertiary/aromatic N) is 2. The van der Waals surface area contributed by atoms with Crippen LogP contribution in [-0.4, -0.2) is 9.55 Å². The molecule has 0 aliphatic heterocycles. The Morgan fingerprint density at radius 2 is 1.90 bits per heavy atom. The summed E-state index contributed by atoms with van der Waals surface area (Å²) < 4.78 is 29.4. The molecule has 0 amide bonds. The molecule has 0 radical (unpaired) electrons. The van der Waals surface area contributed by atoms with Crippen LogP contribution >= 0.6 is 23.2 Å². The van der Waals surface area contributed by atoms with Gasteiger partial charge in [-0.2, -0.15) is 0 Å². The fourth-order valence-corrected chi connectivity index (χ4v) is 2.61. The van der Waals surface area contributed by atoms with Gasteiger partial charge >= 0.3 is 0 Å². The average molecular weight is 327 g/mol. The molecule has 0 aliphatic rings. The summed E-state index contributed by atoms with van der Waals surface area (Å²) >= 11 is 11.8. The maximum absolute atomic E-state index is 14.1. The van der Waals surface area contributed by atoms with Crippen molar-refractivity contribution in [1.82, 2.24) is 9.55 Å². The highest BCUT2D eigenvalue weighted by molar-refractivity contribution is 6.30. The van der Waals surface area contributed by atoms with E-state index in [1.165, 1.54) is 24.3 Å². The van der Waals surface area contributed by atoms with Crippen LogP contribution in [0.15, 0.2) is 30.3 Å². The normalized spacial score (nSPS) is 11.3. The lowest BCUT2D eigenvalue weighted by Crippen LogP contribution is -2.02. The monoisotopic (exact) mass is 326 g/mol. The molecule has 108 valence electrons. The Morgan fingerprint density at radius 3 is 2.62 bits per heavy atom. The van der Waals surface area contributed by atoms with E-state index in [-0.39, 0.29) is 17.4 Å². The highest BCUT2D eigenvalue weighted by Crippen LogP contribution is 2.28. The maximum atomic E-state index is 14.1. The van der Waals surface area contributed by atoms with E-state index < -0.39 is 5.82 Å². The molecular formula is C15H10Cl2F2N2. The van der Waals surface area contributed by atoms with Gasteiger partial charge in [0, 0.05) is 11.1 Å². The second-order valence-corrected chi connectivity index (χ2v) is 5.39. The standard InChI is InChI=1S/C15H10Cl2F2N2/c1-8-4-14-12(6-11(8)19)20-15(7-16)21(14)13-5-9(17)2-3-10(13)18/h2-6H,7H2,1H3. The van der Waals surface area contributed by atoms with Gasteiger partial charge in [-0.15, -0.1) is 11.6 Å². The smallest absolute Gasteiger partial charge is 0.147 e. The van der Waals surface area contributed by atoms with E-state index >= 15 is 0 Å². The molecular weight excluding hydrogens is 317 g/mol. The van der Waals surface area contributed by atoms with Gasteiger partial charge in [0.25, 0.3) is 0 Å². The molecule has 2 aromatic carbocycles. The number of fused-ring (bicyclic) bond motifs is 1. The molecule has 0 aliphatic carbocycles. The highest BCUT2D eigenvalue weighted by atomic mass is 35.5.